The van der Waals surface area contributed by atoms with Crippen LogP contribution in [0.25, 0.3) is 0 Å². The second-order valence-electron chi connectivity index (χ2n) is 8.78. The molecule has 7 nitrogen and oxygen atoms in total. The Morgan fingerprint density at radius 3 is 2.49 bits per heavy atom. The first-order chi connectivity index (χ1) is 17.0. The fourth-order valence-corrected chi connectivity index (χ4v) is 4.63. The fraction of sp³-hybridized carbons (Fsp3) is 0.250. The number of benzene rings is 3. The number of carbonyl (C=O) groups excluding carboxylic acids is 3. The number of rotatable bonds is 6. The van der Waals surface area contributed by atoms with Crippen molar-refractivity contribution in [1.82, 2.24) is 5.32 Å². The summed E-state index contributed by atoms with van der Waals surface area (Å²) >= 11 is 0. The Labute approximate surface area is 204 Å². The van der Waals surface area contributed by atoms with Crippen molar-refractivity contribution in [1.29, 1.82) is 0 Å². The average Bonchev–Trinajstić information content (AvgIpc) is 3.47. The molecule has 3 aromatic carbocycles. The van der Waals surface area contributed by atoms with Crippen molar-refractivity contribution in [2.24, 2.45) is 0 Å². The summed E-state index contributed by atoms with van der Waals surface area (Å²) in [6, 6.07) is 22.0. The first kappa shape index (κ1) is 22.7. The third-order valence-corrected chi connectivity index (χ3v) is 6.43. The molecule has 7 heteroatoms. The van der Waals surface area contributed by atoms with Gasteiger partial charge in [-0.3, -0.25) is 14.4 Å². The molecule has 1 unspecified atom stereocenters. The third kappa shape index (κ3) is 4.75. The normalized spacial score (nSPS) is 16.8. The minimum atomic E-state index is -0.276. The van der Waals surface area contributed by atoms with Crippen molar-refractivity contribution in [2.75, 3.05) is 22.9 Å². The molecule has 0 saturated carbocycles. The maximum atomic E-state index is 12.9. The highest BCUT2D eigenvalue weighted by molar-refractivity contribution is 6.00. The Kier molecular flexibility index (Phi) is 6.23. The van der Waals surface area contributed by atoms with Crippen LogP contribution in [-0.4, -0.2) is 36.9 Å². The zero-order valence-electron chi connectivity index (χ0n) is 19.6. The van der Waals surface area contributed by atoms with Gasteiger partial charge in [-0.15, -0.1) is 0 Å². The second-order valence-corrected chi connectivity index (χ2v) is 8.78. The van der Waals surface area contributed by atoms with Crippen molar-refractivity contribution in [3.05, 3.63) is 83.9 Å². The van der Waals surface area contributed by atoms with Gasteiger partial charge in [-0.2, -0.15) is 0 Å². The summed E-state index contributed by atoms with van der Waals surface area (Å²) in [5.74, 6) is 1.28. The molecule has 1 N–H and O–H groups in total. The summed E-state index contributed by atoms with van der Waals surface area (Å²) in [5.41, 5.74) is 3.20. The maximum absolute atomic E-state index is 12.9. The van der Waals surface area contributed by atoms with Gasteiger partial charge in [0.05, 0.1) is 6.04 Å². The molecule has 1 atom stereocenters. The van der Waals surface area contributed by atoms with E-state index in [-0.39, 0.29) is 30.2 Å². The molecule has 3 amide bonds. The van der Waals surface area contributed by atoms with Crippen LogP contribution in [0.15, 0.2) is 72.8 Å². The number of hydrogen-bond donors (Lipinski definition) is 1. The molecule has 0 aliphatic carbocycles. The van der Waals surface area contributed by atoms with Crippen LogP contribution in [0.1, 0.15) is 35.7 Å². The van der Waals surface area contributed by atoms with Crippen LogP contribution in [0, 0.1) is 0 Å². The van der Waals surface area contributed by atoms with Gasteiger partial charge in [-0.1, -0.05) is 25.1 Å². The Morgan fingerprint density at radius 2 is 1.74 bits per heavy atom. The van der Waals surface area contributed by atoms with Gasteiger partial charge in [0, 0.05) is 42.9 Å². The van der Waals surface area contributed by atoms with Gasteiger partial charge < -0.3 is 19.9 Å². The fourth-order valence-electron chi connectivity index (χ4n) is 4.63. The van der Waals surface area contributed by atoms with Crippen LogP contribution in [0.5, 0.6) is 11.5 Å². The minimum Gasteiger partial charge on any atom is -0.457 e. The van der Waals surface area contributed by atoms with Gasteiger partial charge in [0.2, 0.25) is 11.8 Å². The predicted molar refractivity (Wildman–Crippen MR) is 134 cm³/mol. The zero-order chi connectivity index (χ0) is 24.4. The lowest BCUT2D eigenvalue weighted by molar-refractivity contribution is -0.118. The summed E-state index contributed by atoms with van der Waals surface area (Å²) in [6.07, 6.45) is 1.44. The number of fused-ring (bicyclic) bond motifs is 1. The SMILES string of the molecule is CCC(=O)N1CCc2cc(C(=O)NC3CC(=O)N(c4ccc(Oc5ccccc5)cc4)C3)ccc21. The van der Waals surface area contributed by atoms with E-state index in [1.807, 2.05) is 73.7 Å². The molecular formula is C28H27N3O4. The van der Waals surface area contributed by atoms with E-state index in [1.165, 1.54) is 0 Å². The smallest absolute Gasteiger partial charge is 0.251 e. The second kappa shape index (κ2) is 9.62. The number of nitrogens with one attached hydrogen (secondary N) is 1. The Bertz CT molecular complexity index is 1260. The van der Waals surface area contributed by atoms with Gasteiger partial charge in [0.25, 0.3) is 5.91 Å². The number of nitrogens with zero attached hydrogens (tertiary/aromatic N) is 2. The first-order valence-corrected chi connectivity index (χ1v) is 11.9. The largest absolute Gasteiger partial charge is 0.457 e. The molecule has 5 rings (SSSR count). The van der Waals surface area contributed by atoms with Crippen LogP contribution < -0.4 is 19.9 Å². The van der Waals surface area contributed by atoms with Gasteiger partial charge in [0.1, 0.15) is 11.5 Å². The molecule has 178 valence electrons. The molecule has 2 heterocycles. The topological polar surface area (TPSA) is 79.0 Å². The lowest BCUT2D eigenvalue weighted by Gasteiger charge is -2.18. The molecule has 0 bridgehead atoms. The molecule has 35 heavy (non-hydrogen) atoms. The molecule has 0 spiro atoms. The molecule has 1 fully saturated rings. The summed E-state index contributed by atoms with van der Waals surface area (Å²) in [5, 5.41) is 3.00. The highest BCUT2D eigenvalue weighted by Gasteiger charge is 2.32. The third-order valence-electron chi connectivity index (χ3n) is 6.43. The van der Waals surface area contributed by atoms with E-state index in [0.717, 1.165) is 29.1 Å². The number of amides is 3. The number of para-hydroxylation sites is 1. The van der Waals surface area contributed by atoms with Gasteiger partial charge >= 0.3 is 0 Å². The Morgan fingerprint density at radius 1 is 1.00 bits per heavy atom. The van der Waals surface area contributed by atoms with Gasteiger partial charge in [-0.25, -0.2) is 0 Å². The van der Waals surface area contributed by atoms with E-state index in [1.54, 1.807) is 15.9 Å². The minimum absolute atomic E-state index is 0.0327. The molecule has 2 aliphatic heterocycles. The maximum Gasteiger partial charge on any atom is 0.251 e. The molecule has 3 aromatic rings. The quantitative estimate of drug-likeness (QED) is 0.583. The van der Waals surface area contributed by atoms with Crippen molar-refractivity contribution in [2.45, 2.75) is 32.2 Å². The summed E-state index contributed by atoms with van der Waals surface area (Å²) in [7, 11) is 0. The van der Waals surface area contributed by atoms with E-state index in [2.05, 4.69) is 5.32 Å². The number of hydrogen-bond acceptors (Lipinski definition) is 4. The molecule has 1 saturated heterocycles. The van der Waals surface area contributed by atoms with Crippen molar-refractivity contribution < 1.29 is 19.1 Å². The Hall–Kier alpha value is -4.13. The lowest BCUT2D eigenvalue weighted by Crippen LogP contribution is -2.37. The van der Waals surface area contributed by atoms with Crippen molar-refractivity contribution >= 4 is 29.1 Å². The van der Waals surface area contributed by atoms with Crippen LogP contribution >= 0.6 is 0 Å². The number of anilines is 2. The lowest BCUT2D eigenvalue weighted by atomic mass is 10.1. The van der Waals surface area contributed by atoms with Crippen LogP contribution in [0.4, 0.5) is 11.4 Å². The Balaban J connectivity index is 1.21. The molecule has 0 radical (unpaired) electrons. The van der Waals surface area contributed by atoms with Gasteiger partial charge in [0.15, 0.2) is 0 Å². The van der Waals surface area contributed by atoms with Crippen LogP contribution in [-0.2, 0) is 16.0 Å². The van der Waals surface area contributed by atoms with E-state index in [9.17, 15) is 14.4 Å². The number of carbonyl (C=O) groups is 3. The van der Waals surface area contributed by atoms with Crippen molar-refractivity contribution in [3.8, 4) is 11.5 Å². The van der Waals surface area contributed by atoms with Crippen molar-refractivity contribution in [3.63, 3.8) is 0 Å². The summed E-state index contributed by atoms with van der Waals surface area (Å²) in [4.78, 5) is 41.1. The van der Waals surface area contributed by atoms with Crippen LogP contribution in [0.2, 0.25) is 0 Å². The van der Waals surface area contributed by atoms with E-state index in [0.29, 0.717) is 30.8 Å². The highest BCUT2D eigenvalue weighted by atomic mass is 16.5. The zero-order valence-corrected chi connectivity index (χ0v) is 19.6. The van der Waals surface area contributed by atoms with Gasteiger partial charge in [-0.05, 0) is 66.6 Å². The van der Waals surface area contributed by atoms with E-state index < -0.39 is 0 Å². The van der Waals surface area contributed by atoms with E-state index in [4.69, 9.17) is 4.74 Å². The predicted octanol–water partition coefficient (Wildman–Crippen LogP) is 4.31. The summed E-state index contributed by atoms with van der Waals surface area (Å²) < 4.78 is 5.82. The average molecular weight is 470 g/mol. The standard InChI is InChI=1S/C28H27N3O4/c1-2-26(32)30-15-14-19-16-20(8-13-25(19)30)28(34)29-21-17-27(33)31(18-21)22-9-11-24(12-10-22)35-23-6-4-3-5-7-23/h3-13,16,21H,2,14-15,17-18H2,1H3,(H,29,34). The van der Waals surface area contributed by atoms with Crippen LogP contribution in [0.3, 0.4) is 0 Å². The highest BCUT2D eigenvalue weighted by Crippen LogP contribution is 2.30. The molecule has 2 aliphatic rings. The monoisotopic (exact) mass is 469 g/mol. The number of ether oxygens (including phenoxy) is 1. The molecule has 0 aromatic heterocycles. The summed E-state index contributed by atoms with van der Waals surface area (Å²) in [6.45, 7) is 2.91. The first-order valence-electron chi connectivity index (χ1n) is 11.9. The van der Waals surface area contributed by atoms with E-state index >= 15 is 0 Å². The molecular weight excluding hydrogens is 442 g/mol.